The normalized spacial score (nSPS) is 11.2. The summed E-state index contributed by atoms with van der Waals surface area (Å²) in [6, 6.07) is 14.5. The van der Waals surface area contributed by atoms with Crippen LogP contribution in [-0.2, 0) is 0 Å². The van der Waals surface area contributed by atoms with Crippen LogP contribution in [0.3, 0.4) is 0 Å². The van der Waals surface area contributed by atoms with Crippen molar-refractivity contribution in [1.82, 2.24) is 19.7 Å². The molecule has 2 aromatic carbocycles. The van der Waals surface area contributed by atoms with Gasteiger partial charge in [-0.25, -0.2) is 4.98 Å². The number of rotatable bonds is 6. The summed E-state index contributed by atoms with van der Waals surface area (Å²) >= 11 is 0. The van der Waals surface area contributed by atoms with E-state index in [1.54, 1.807) is 53.4 Å². The predicted molar refractivity (Wildman–Crippen MR) is 111 cm³/mol. The molecule has 0 aliphatic heterocycles. The van der Waals surface area contributed by atoms with E-state index in [4.69, 9.17) is 4.74 Å². The molecule has 0 unspecified atom stereocenters. The van der Waals surface area contributed by atoms with Crippen LogP contribution in [0.1, 0.15) is 16.2 Å². The first kappa shape index (κ1) is 21.8. The molecule has 11 heteroatoms. The number of nitrogens with one attached hydrogen (secondary N) is 1. The van der Waals surface area contributed by atoms with Gasteiger partial charge in [-0.15, -0.1) is 23.4 Å². The summed E-state index contributed by atoms with van der Waals surface area (Å²) in [6.07, 6.45) is -1.35. The Morgan fingerprint density at radius 2 is 1.64 bits per heavy atom. The summed E-state index contributed by atoms with van der Waals surface area (Å²) in [4.78, 5) is 16.4. The Morgan fingerprint density at radius 3 is 2.21 bits per heavy atom. The van der Waals surface area contributed by atoms with E-state index in [9.17, 15) is 18.0 Å². The first-order valence-electron chi connectivity index (χ1n) is 9.56. The standard InChI is InChI=1S/C22H16F3N5O3/c1-14-26-12-13-30(14)19-10-11-20(29-28-19)32-17-8-4-16(5-9-17)27-21(31)15-2-6-18(7-3-15)33-22(23,24)25/h2-13H,1H3,(H,27,31). The van der Waals surface area contributed by atoms with Gasteiger partial charge in [0.2, 0.25) is 5.88 Å². The van der Waals surface area contributed by atoms with Crippen LogP contribution < -0.4 is 14.8 Å². The first-order chi connectivity index (χ1) is 15.8. The second-order valence-electron chi connectivity index (χ2n) is 6.73. The average molecular weight is 455 g/mol. The maximum absolute atomic E-state index is 12.3. The summed E-state index contributed by atoms with van der Waals surface area (Å²) in [7, 11) is 0. The van der Waals surface area contributed by atoms with Crippen molar-refractivity contribution in [3.63, 3.8) is 0 Å². The SMILES string of the molecule is Cc1nccn1-c1ccc(Oc2ccc(NC(=O)c3ccc(OC(F)(F)F)cc3)cc2)nn1. The van der Waals surface area contributed by atoms with Crippen LogP contribution in [0.5, 0.6) is 17.4 Å². The summed E-state index contributed by atoms with van der Waals surface area (Å²) < 4.78 is 47.9. The van der Waals surface area contributed by atoms with E-state index in [0.717, 1.165) is 18.0 Å². The highest BCUT2D eigenvalue weighted by atomic mass is 19.4. The van der Waals surface area contributed by atoms with E-state index in [1.807, 2.05) is 6.92 Å². The number of anilines is 1. The minimum atomic E-state index is -4.79. The third-order valence-corrected chi connectivity index (χ3v) is 4.38. The highest BCUT2D eigenvalue weighted by Gasteiger charge is 2.31. The van der Waals surface area contributed by atoms with Gasteiger partial charge in [0.1, 0.15) is 17.3 Å². The zero-order chi connectivity index (χ0) is 23.4. The molecule has 0 spiro atoms. The Morgan fingerprint density at radius 1 is 0.939 bits per heavy atom. The Hall–Kier alpha value is -4.41. The van der Waals surface area contributed by atoms with Gasteiger partial charge in [0.15, 0.2) is 5.82 Å². The Labute approximate surface area is 185 Å². The van der Waals surface area contributed by atoms with Crippen LogP contribution >= 0.6 is 0 Å². The van der Waals surface area contributed by atoms with Crippen molar-refractivity contribution >= 4 is 11.6 Å². The number of carbonyl (C=O) groups is 1. The molecule has 0 radical (unpaired) electrons. The Kier molecular flexibility index (Phi) is 5.94. The number of hydrogen-bond donors (Lipinski definition) is 1. The first-order valence-corrected chi connectivity index (χ1v) is 9.56. The number of benzene rings is 2. The van der Waals surface area contributed by atoms with Gasteiger partial charge in [0.25, 0.3) is 5.91 Å². The van der Waals surface area contributed by atoms with Crippen LogP contribution in [0, 0.1) is 6.92 Å². The number of amides is 1. The van der Waals surface area contributed by atoms with Gasteiger partial charge in [-0.3, -0.25) is 9.36 Å². The molecule has 168 valence electrons. The van der Waals surface area contributed by atoms with E-state index in [1.165, 1.54) is 12.1 Å². The minimum absolute atomic E-state index is 0.174. The van der Waals surface area contributed by atoms with Crippen molar-refractivity contribution in [2.24, 2.45) is 0 Å². The van der Waals surface area contributed by atoms with Gasteiger partial charge < -0.3 is 14.8 Å². The maximum Gasteiger partial charge on any atom is 0.573 e. The third-order valence-electron chi connectivity index (χ3n) is 4.38. The summed E-state index contributed by atoms with van der Waals surface area (Å²) in [5.74, 6) is 1.25. The molecule has 4 rings (SSSR count). The van der Waals surface area contributed by atoms with Crippen molar-refractivity contribution < 1.29 is 27.4 Å². The molecular formula is C22H16F3N5O3. The third kappa shape index (κ3) is 5.64. The zero-order valence-corrected chi connectivity index (χ0v) is 17.1. The molecule has 8 nitrogen and oxygen atoms in total. The summed E-state index contributed by atoms with van der Waals surface area (Å²) in [6.45, 7) is 1.85. The summed E-state index contributed by atoms with van der Waals surface area (Å²) in [5.41, 5.74) is 0.647. The monoisotopic (exact) mass is 455 g/mol. The lowest BCUT2D eigenvalue weighted by atomic mass is 10.2. The van der Waals surface area contributed by atoms with Crippen LogP contribution in [0.15, 0.2) is 73.1 Å². The van der Waals surface area contributed by atoms with Crippen LogP contribution in [-0.4, -0.2) is 32.0 Å². The van der Waals surface area contributed by atoms with Crippen molar-refractivity contribution in [3.8, 4) is 23.2 Å². The molecule has 0 atom stereocenters. The molecule has 33 heavy (non-hydrogen) atoms. The summed E-state index contributed by atoms with van der Waals surface area (Å²) in [5, 5.41) is 10.8. The quantitative estimate of drug-likeness (QED) is 0.444. The zero-order valence-electron chi connectivity index (χ0n) is 17.1. The van der Waals surface area contributed by atoms with E-state index in [-0.39, 0.29) is 11.4 Å². The molecule has 1 N–H and O–H groups in total. The number of aryl methyl sites for hydroxylation is 1. The number of alkyl halides is 3. The number of aromatic nitrogens is 4. The maximum atomic E-state index is 12.3. The van der Waals surface area contributed by atoms with E-state index in [0.29, 0.717) is 17.3 Å². The van der Waals surface area contributed by atoms with Crippen molar-refractivity contribution in [2.75, 3.05) is 5.32 Å². The number of ether oxygens (including phenoxy) is 2. The van der Waals surface area contributed by atoms with Crippen LogP contribution in [0.4, 0.5) is 18.9 Å². The highest BCUT2D eigenvalue weighted by molar-refractivity contribution is 6.04. The van der Waals surface area contributed by atoms with E-state index >= 15 is 0 Å². The van der Waals surface area contributed by atoms with Gasteiger partial charge in [-0.05, 0) is 61.5 Å². The van der Waals surface area contributed by atoms with Crippen molar-refractivity contribution in [2.45, 2.75) is 13.3 Å². The fourth-order valence-electron chi connectivity index (χ4n) is 2.85. The minimum Gasteiger partial charge on any atom is -0.438 e. The highest BCUT2D eigenvalue weighted by Crippen LogP contribution is 2.24. The van der Waals surface area contributed by atoms with Crippen LogP contribution in [0.2, 0.25) is 0 Å². The lowest BCUT2D eigenvalue weighted by Gasteiger charge is -2.10. The molecule has 0 fully saturated rings. The Bertz CT molecular complexity index is 1240. The number of hydrogen-bond acceptors (Lipinski definition) is 6. The number of imidazole rings is 1. The van der Waals surface area contributed by atoms with Gasteiger partial charge in [-0.2, -0.15) is 0 Å². The molecule has 4 aromatic rings. The topological polar surface area (TPSA) is 91.2 Å². The fraction of sp³-hybridized carbons (Fsp3) is 0.0909. The van der Waals surface area contributed by atoms with E-state index in [2.05, 4.69) is 25.2 Å². The van der Waals surface area contributed by atoms with Gasteiger partial charge >= 0.3 is 6.36 Å². The predicted octanol–water partition coefficient (Wildman–Crippen LogP) is 4.91. The number of nitrogens with zero attached hydrogens (tertiary/aromatic N) is 4. The van der Waals surface area contributed by atoms with Gasteiger partial charge in [0, 0.05) is 29.7 Å². The van der Waals surface area contributed by atoms with Crippen molar-refractivity contribution in [3.05, 3.63) is 84.4 Å². The molecule has 1 amide bonds. The largest absolute Gasteiger partial charge is 0.573 e. The fourth-order valence-corrected chi connectivity index (χ4v) is 2.85. The second-order valence-corrected chi connectivity index (χ2v) is 6.73. The van der Waals surface area contributed by atoms with Crippen LogP contribution in [0.25, 0.3) is 5.82 Å². The number of carbonyl (C=O) groups excluding carboxylic acids is 1. The van der Waals surface area contributed by atoms with E-state index < -0.39 is 18.0 Å². The molecule has 0 aliphatic rings. The number of halogens is 3. The van der Waals surface area contributed by atoms with Gasteiger partial charge in [0.05, 0.1) is 0 Å². The average Bonchev–Trinajstić information content (AvgIpc) is 3.21. The second kappa shape index (κ2) is 8.99. The molecule has 0 saturated carbocycles. The van der Waals surface area contributed by atoms with Gasteiger partial charge in [-0.1, -0.05) is 0 Å². The molecular weight excluding hydrogens is 439 g/mol. The molecule has 0 saturated heterocycles. The lowest BCUT2D eigenvalue weighted by molar-refractivity contribution is -0.274. The molecule has 2 aromatic heterocycles. The Balaban J connectivity index is 1.35. The lowest BCUT2D eigenvalue weighted by Crippen LogP contribution is -2.17. The molecule has 0 bridgehead atoms. The molecule has 2 heterocycles. The van der Waals surface area contributed by atoms with Crippen molar-refractivity contribution in [1.29, 1.82) is 0 Å². The molecule has 0 aliphatic carbocycles. The smallest absolute Gasteiger partial charge is 0.438 e.